The molecule has 0 bridgehead atoms. The molecule has 5 nitrogen and oxygen atoms in total. The van der Waals surface area contributed by atoms with Crippen molar-refractivity contribution in [1.82, 2.24) is 10.9 Å². The third-order valence-corrected chi connectivity index (χ3v) is 3.94. The summed E-state index contributed by atoms with van der Waals surface area (Å²) in [5.41, 5.74) is 7.24. The summed E-state index contributed by atoms with van der Waals surface area (Å²) < 4.78 is 0. The summed E-state index contributed by atoms with van der Waals surface area (Å²) in [6, 6.07) is 23.2. The molecule has 3 aromatic rings. The van der Waals surface area contributed by atoms with Crippen LogP contribution >= 0.6 is 0 Å². The number of aromatic hydroxyl groups is 1. The molecular weight excluding hydrogens is 328 g/mol. The molecule has 0 aliphatic heterocycles. The Morgan fingerprint density at radius 2 is 1.23 bits per heavy atom. The Balaban J connectivity index is 1.70. The third-order valence-electron chi connectivity index (χ3n) is 3.94. The average Bonchev–Trinajstić information content (AvgIpc) is 2.67. The van der Waals surface area contributed by atoms with E-state index in [2.05, 4.69) is 10.9 Å². The van der Waals surface area contributed by atoms with Gasteiger partial charge in [0.1, 0.15) is 5.75 Å². The van der Waals surface area contributed by atoms with Crippen LogP contribution < -0.4 is 10.9 Å². The smallest absolute Gasteiger partial charge is 0.273 e. The fourth-order valence-electron chi connectivity index (χ4n) is 2.63. The lowest BCUT2D eigenvalue weighted by molar-refractivity contribution is 0.0844. The normalized spacial score (nSPS) is 10.2. The van der Waals surface area contributed by atoms with Crippen molar-refractivity contribution in [3.05, 3.63) is 101 Å². The first-order valence-corrected chi connectivity index (χ1v) is 8.15. The van der Waals surface area contributed by atoms with E-state index in [-0.39, 0.29) is 11.3 Å². The Bertz CT molecular complexity index is 923. The quantitative estimate of drug-likeness (QED) is 0.635. The number of carbonyl (C=O) groups excluding carboxylic acids is 2. The van der Waals surface area contributed by atoms with Crippen molar-refractivity contribution in [2.75, 3.05) is 0 Å². The molecule has 2 amide bonds. The van der Waals surface area contributed by atoms with E-state index in [1.54, 1.807) is 24.3 Å². The molecule has 0 aliphatic carbocycles. The fourth-order valence-corrected chi connectivity index (χ4v) is 2.63. The van der Waals surface area contributed by atoms with Gasteiger partial charge < -0.3 is 5.11 Å². The van der Waals surface area contributed by atoms with Crippen molar-refractivity contribution in [3.8, 4) is 5.75 Å². The average molecular weight is 346 g/mol. The van der Waals surface area contributed by atoms with Crippen molar-refractivity contribution in [2.45, 2.75) is 6.42 Å². The van der Waals surface area contributed by atoms with Crippen molar-refractivity contribution < 1.29 is 14.7 Å². The number of hydrogen-bond donors (Lipinski definition) is 3. The van der Waals surface area contributed by atoms with E-state index < -0.39 is 11.8 Å². The van der Waals surface area contributed by atoms with E-state index in [4.69, 9.17) is 0 Å². The van der Waals surface area contributed by atoms with E-state index in [9.17, 15) is 14.7 Å². The third kappa shape index (κ3) is 4.08. The van der Waals surface area contributed by atoms with Gasteiger partial charge >= 0.3 is 0 Å². The first-order valence-electron chi connectivity index (χ1n) is 8.15. The van der Waals surface area contributed by atoms with Crippen LogP contribution in [0, 0.1) is 0 Å². The predicted molar refractivity (Wildman–Crippen MR) is 98.7 cm³/mol. The number of para-hydroxylation sites is 1. The van der Waals surface area contributed by atoms with Crippen LogP contribution in [-0.2, 0) is 6.42 Å². The van der Waals surface area contributed by atoms with Crippen molar-refractivity contribution in [2.24, 2.45) is 0 Å². The Labute approximate surface area is 151 Å². The molecule has 0 unspecified atom stereocenters. The van der Waals surface area contributed by atoms with Gasteiger partial charge in [0.15, 0.2) is 0 Å². The monoisotopic (exact) mass is 346 g/mol. The molecule has 3 rings (SSSR count). The number of carbonyl (C=O) groups is 2. The number of amides is 2. The second-order valence-corrected chi connectivity index (χ2v) is 5.74. The topological polar surface area (TPSA) is 78.4 Å². The van der Waals surface area contributed by atoms with Gasteiger partial charge in [0.2, 0.25) is 0 Å². The number of phenolic OH excluding ortho intramolecular Hbond substituents is 1. The van der Waals surface area contributed by atoms with Crippen LogP contribution in [0.15, 0.2) is 78.9 Å². The van der Waals surface area contributed by atoms with E-state index in [0.29, 0.717) is 12.0 Å². The van der Waals surface area contributed by atoms with Crippen LogP contribution in [0.3, 0.4) is 0 Å². The van der Waals surface area contributed by atoms with E-state index in [1.165, 1.54) is 12.1 Å². The van der Waals surface area contributed by atoms with Crippen LogP contribution in [0.2, 0.25) is 0 Å². The highest BCUT2D eigenvalue weighted by Gasteiger charge is 2.14. The van der Waals surface area contributed by atoms with Crippen LogP contribution in [-0.4, -0.2) is 16.9 Å². The zero-order valence-electron chi connectivity index (χ0n) is 14.0. The standard InChI is InChI=1S/C21H18N2O3/c24-19-13-7-6-12-18(19)21(26)23-22-20(25)17-11-5-4-10-16(17)14-15-8-2-1-3-9-15/h1-13,24H,14H2,(H,22,25)(H,23,26). The Kier molecular flexibility index (Phi) is 5.29. The molecular formula is C21H18N2O3. The summed E-state index contributed by atoms with van der Waals surface area (Å²) in [4.78, 5) is 24.6. The molecule has 3 N–H and O–H groups in total. The highest BCUT2D eigenvalue weighted by molar-refractivity contribution is 6.00. The molecule has 5 heteroatoms. The van der Waals surface area contributed by atoms with Crippen LogP contribution in [0.5, 0.6) is 5.75 Å². The van der Waals surface area contributed by atoms with E-state index in [0.717, 1.165) is 11.1 Å². The van der Waals surface area contributed by atoms with Gasteiger partial charge in [-0.05, 0) is 35.7 Å². The highest BCUT2D eigenvalue weighted by Crippen LogP contribution is 2.16. The summed E-state index contributed by atoms with van der Waals surface area (Å²) in [5.74, 6) is -1.15. The van der Waals surface area contributed by atoms with Gasteiger partial charge in [-0.3, -0.25) is 20.4 Å². The molecule has 3 aromatic carbocycles. The van der Waals surface area contributed by atoms with Crippen LogP contribution in [0.1, 0.15) is 31.8 Å². The summed E-state index contributed by atoms with van der Waals surface area (Å²) in [6.45, 7) is 0. The SMILES string of the molecule is O=C(NNC(=O)c1ccccc1Cc1ccccc1)c1ccccc1O. The maximum absolute atomic E-state index is 12.5. The molecule has 0 heterocycles. The Hall–Kier alpha value is -3.60. The lowest BCUT2D eigenvalue weighted by atomic mass is 9.99. The molecule has 26 heavy (non-hydrogen) atoms. The minimum Gasteiger partial charge on any atom is -0.507 e. The molecule has 0 aromatic heterocycles. The van der Waals surface area contributed by atoms with Gasteiger partial charge in [-0.2, -0.15) is 0 Å². The second kappa shape index (κ2) is 7.98. The number of hydrogen-bond acceptors (Lipinski definition) is 3. The minimum atomic E-state index is -0.586. The maximum atomic E-state index is 12.5. The first kappa shape index (κ1) is 17.2. The summed E-state index contributed by atoms with van der Waals surface area (Å²) in [7, 11) is 0. The van der Waals surface area contributed by atoms with Gasteiger partial charge in [0, 0.05) is 5.56 Å². The molecule has 0 atom stereocenters. The lowest BCUT2D eigenvalue weighted by Crippen LogP contribution is -2.42. The lowest BCUT2D eigenvalue weighted by Gasteiger charge is -2.11. The molecule has 0 aliphatic rings. The van der Waals surface area contributed by atoms with Crippen molar-refractivity contribution >= 4 is 11.8 Å². The van der Waals surface area contributed by atoms with E-state index in [1.807, 2.05) is 42.5 Å². The number of hydrazine groups is 1. The Morgan fingerprint density at radius 3 is 1.92 bits per heavy atom. The molecule has 0 radical (unpaired) electrons. The van der Waals surface area contributed by atoms with E-state index >= 15 is 0 Å². The molecule has 0 saturated heterocycles. The number of nitrogens with one attached hydrogen (secondary N) is 2. The van der Waals surface area contributed by atoms with Crippen LogP contribution in [0.4, 0.5) is 0 Å². The molecule has 0 fully saturated rings. The van der Waals surface area contributed by atoms with Gasteiger partial charge in [-0.25, -0.2) is 0 Å². The molecule has 0 saturated carbocycles. The first-order chi connectivity index (χ1) is 12.6. The highest BCUT2D eigenvalue weighted by atomic mass is 16.3. The predicted octanol–water partition coefficient (Wildman–Crippen LogP) is 3.06. The number of phenols is 1. The fraction of sp³-hybridized carbons (Fsp3) is 0.0476. The zero-order chi connectivity index (χ0) is 18.4. The number of benzene rings is 3. The van der Waals surface area contributed by atoms with Gasteiger partial charge in [0.05, 0.1) is 5.56 Å². The largest absolute Gasteiger partial charge is 0.507 e. The zero-order valence-corrected chi connectivity index (χ0v) is 14.0. The molecule has 130 valence electrons. The second-order valence-electron chi connectivity index (χ2n) is 5.74. The summed E-state index contributed by atoms with van der Waals surface area (Å²) in [6.07, 6.45) is 0.609. The molecule has 0 spiro atoms. The van der Waals surface area contributed by atoms with Gasteiger partial charge in [-0.15, -0.1) is 0 Å². The minimum absolute atomic E-state index is 0.0883. The Morgan fingerprint density at radius 1 is 0.692 bits per heavy atom. The van der Waals surface area contributed by atoms with Gasteiger partial charge in [0.25, 0.3) is 11.8 Å². The van der Waals surface area contributed by atoms with Crippen LogP contribution in [0.25, 0.3) is 0 Å². The summed E-state index contributed by atoms with van der Waals surface area (Å²) >= 11 is 0. The maximum Gasteiger partial charge on any atom is 0.273 e. The summed E-state index contributed by atoms with van der Waals surface area (Å²) in [5, 5.41) is 9.70. The van der Waals surface area contributed by atoms with Crippen molar-refractivity contribution in [1.29, 1.82) is 0 Å². The van der Waals surface area contributed by atoms with Gasteiger partial charge in [-0.1, -0.05) is 60.7 Å². The number of rotatable bonds is 4. The van der Waals surface area contributed by atoms with Crippen molar-refractivity contribution in [3.63, 3.8) is 0 Å².